The number of aromatic nitrogens is 1. The molecule has 3 nitrogen and oxygen atoms in total. The first-order valence-corrected chi connectivity index (χ1v) is 8.14. The SMILES string of the molecule is CC1(C)CC(c2ccc3ccccc3n2)c2cc(C#N)ccc2O1. The summed E-state index contributed by atoms with van der Waals surface area (Å²) in [6, 6.07) is 20.2. The van der Waals surface area contributed by atoms with Crippen LogP contribution in [0, 0.1) is 11.3 Å². The second-order valence-electron chi connectivity index (χ2n) is 6.91. The van der Waals surface area contributed by atoms with Crippen molar-refractivity contribution in [2.45, 2.75) is 31.8 Å². The molecule has 0 fully saturated rings. The third-order valence-corrected chi connectivity index (χ3v) is 4.57. The van der Waals surface area contributed by atoms with Crippen molar-refractivity contribution >= 4 is 10.9 Å². The van der Waals surface area contributed by atoms with E-state index in [1.54, 1.807) is 0 Å². The Hall–Kier alpha value is -2.86. The van der Waals surface area contributed by atoms with Gasteiger partial charge in [0.25, 0.3) is 0 Å². The Labute approximate surface area is 141 Å². The zero-order valence-electron chi connectivity index (χ0n) is 13.8. The van der Waals surface area contributed by atoms with Crippen molar-refractivity contribution < 1.29 is 4.74 Å². The lowest BCUT2D eigenvalue weighted by molar-refractivity contribution is 0.0769. The summed E-state index contributed by atoms with van der Waals surface area (Å²) < 4.78 is 6.12. The summed E-state index contributed by atoms with van der Waals surface area (Å²) >= 11 is 0. The monoisotopic (exact) mass is 314 g/mol. The number of para-hydroxylation sites is 1. The molecule has 2 heterocycles. The maximum absolute atomic E-state index is 9.23. The predicted octanol–water partition coefficient (Wildman–Crippen LogP) is 4.80. The Balaban J connectivity index is 1.88. The van der Waals surface area contributed by atoms with Crippen LogP contribution in [0.15, 0.2) is 54.6 Å². The van der Waals surface area contributed by atoms with Gasteiger partial charge in [0.05, 0.1) is 17.1 Å². The van der Waals surface area contributed by atoms with Gasteiger partial charge in [0, 0.05) is 22.6 Å². The smallest absolute Gasteiger partial charge is 0.124 e. The highest BCUT2D eigenvalue weighted by atomic mass is 16.5. The Kier molecular flexibility index (Phi) is 3.28. The standard InChI is InChI=1S/C21H18N2O/c1-21(2)12-17(16-11-14(13-22)7-10-20(16)24-21)19-9-8-15-5-3-4-6-18(15)23-19/h3-11,17H,12H2,1-2H3. The molecule has 118 valence electrons. The Morgan fingerprint density at radius 1 is 1.12 bits per heavy atom. The maximum atomic E-state index is 9.23. The van der Waals surface area contributed by atoms with E-state index >= 15 is 0 Å². The van der Waals surface area contributed by atoms with E-state index in [0.717, 1.165) is 34.3 Å². The Bertz CT molecular complexity index is 969. The van der Waals surface area contributed by atoms with Gasteiger partial charge in [-0.25, -0.2) is 0 Å². The first-order valence-electron chi connectivity index (χ1n) is 8.14. The van der Waals surface area contributed by atoms with Crippen LogP contribution in [-0.4, -0.2) is 10.6 Å². The molecule has 1 atom stereocenters. The molecule has 1 aliphatic rings. The van der Waals surface area contributed by atoms with Crippen molar-refractivity contribution in [2.24, 2.45) is 0 Å². The fourth-order valence-corrected chi connectivity index (χ4v) is 3.46. The first-order chi connectivity index (χ1) is 11.6. The topological polar surface area (TPSA) is 45.9 Å². The van der Waals surface area contributed by atoms with Crippen LogP contribution < -0.4 is 4.74 Å². The third-order valence-electron chi connectivity index (χ3n) is 4.57. The molecule has 1 unspecified atom stereocenters. The molecule has 3 heteroatoms. The van der Waals surface area contributed by atoms with Gasteiger partial charge in [-0.15, -0.1) is 0 Å². The average Bonchev–Trinajstić information content (AvgIpc) is 2.59. The second-order valence-corrected chi connectivity index (χ2v) is 6.91. The molecule has 0 saturated heterocycles. The van der Waals surface area contributed by atoms with Crippen LogP contribution >= 0.6 is 0 Å². The molecular weight excluding hydrogens is 296 g/mol. The molecule has 0 amide bonds. The van der Waals surface area contributed by atoms with Crippen molar-refractivity contribution in [2.75, 3.05) is 0 Å². The summed E-state index contributed by atoms with van der Waals surface area (Å²) in [6.45, 7) is 4.20. The maximum Gasteiger partial charge on any atom is 0.124 e. The summed E-state index contributed by atoms with van der Waals surface area (Å²) in [6.07, 6.45) is 0.834. The van der Waals surface area contributed by atoms with Crippen molar-refractivity contribution in [1.29, 1.82) is 5.26 Å². The highest BCUT2D eigenvalue weighted by Crippen LogP contribution is 2.44. The molecule has 0 radical (unpaired) electrons. The van der Waals surface area contributed by atoms with Crippen LogP contribution in [0.3, 0.4) is 0 Å². The summed E-state index contributed by atoms with van der Waals surface area (Å²) in [4.78, 5) is 4.88. The fraction of sp³-hybridized carbons (Fsp3) is 0.238. The van der Waals surface area contributed by atoms with Gasteiger partial charge in [0.15, 0.2) is 0 Å². The first kappa shape index (κ1) is 14.7. The lowest BCUT2D eigenvalue weighted by atomic mass is 9.81. The van der Waals surface area contributed by atoms with Crippen LogP contribution in [0.25, 0.3) is 10.9 Å². The van der Waals surface area contributed by atoms with Crippen molar-refractivity contribution in [3.8, 4) is 11.8 Å². The van der Waals surface area contributed by atoms with Gasteiger partial charge in [-0.05, 0) is 50.6 Å². The van der Waals surface area contributed by atoms with Crippen LogP contribution in [0.4, 0.5) is 0 Å². The van der Waals surface area contributed by atoms with Gasteiger partial charge in [0.1, 0.15) is 11.4 Å². The summed E-state index contributed by atoms with van der Waals surface area (Å²) in [5.41, 5.74) is 3.47. The number of ether oxygens (including phenoxy) is 1. The highest BCUT2D eigenvalue weighted by molar-refractivity contribution is 5.78. The number of fused-ring (bicyclic) bond motifs is 2. The number of hydrogen-bond donors (Lipinski definition) is 0. The molecule has 0 N–H and O–H groups in total. The largest absolute Gasteiger partial charge is 0.488 e. The van der Waals surface area contributed by atoms with Gasteiger partial charge in [-0.1, -0.05) is 24.3 Å². The molecule has 0 saturated carbocycles. The van der Waals surface area contributed by atoms with E-state index < -0.39 is 0 Å². The van der Waals surface area contributed by atoms with E-state index in [0.29, 0.717) is 5.56 Å². The summed E-state index contributed by atoms with van der Waals surface area (Å²) in [7, 11) is 0. The van der Waals surface area contributed by atoms with Gasteiger partial charge in [-0.3, -0.25) is 4.98 Å². The lowest BCUT2D eigenvalue weighted by Gasteiger charge is -2.37. The van der Waals surface area contributed by atoms with Crippen molar-refractivity contribution in [1.82, 2.24) is 4.98 Å². The average molecular weight is 314 g/mol. The summed E-state index contributed by atoms with van der Waals surface area (Å²) in [5, 5.41) is 10.4. The predicted molar refractivity (Wildman–Crippen MR) is 94.1 cm³/mol. The van der Waals surface area contributed by atoms with E-state index in [2.05, 4.69) is 38.1 Å². The quantitative estimate of drug-likeness (QED) is 0.648. The highest BCUT2D eigenvalue weighted by Gasteiger charge is 2.35. The minimum absolute atomic E-state index is 0.127. The summed E-state index contributed by atoms with van der Waals surface area (Å²) in [5.74, 6) is 0.979. The van der Waals surface area contributed by atoms with E-state index in [9.17, 15) is 5.26 Å². The molecule has 0 spiro atoms. The Morgan fingerprint density at radius 2 is 1.96 bits per heavy atom. The number of hydrogen-bond acceptors (Lipinski definition) is 3. The van der Waals surface area contributed by atoms with Crippen LogP contribution in [0.2, 0.25) is 0 Å². The van der Waals surface area contributed by atoms with Gasteiger partial charge < -0.3 is 4.74 Å². The molecule has 0 aliphatic carbocycles. The molecular formula is C21H18N2O. The van der Waals surface area contributed by atoms with Gasteiger partial charge in [0.2, 0.25) is 0 Å². The third kappa shape index (κ3) is 2.51. The molecule has 0 bridgehead atoms. The normalized spacial score (nSPS) is 18.5. The lowest BCUT2D eigenvalue weighted by Crippen LogP contribution is -2.35. The minimum atomic E-state index is -0.265. The second kappa shape index (κ2) is 5.35. The number of nitriles is 1. The Morgan fingerprint density at radius 3 is 2.79 bits per heavy atom. The molecule has 1 aromatic heterocycles. The van der Waals surface area contributed by atoms with Gasteiger partial charge >= 0.3 is 0 Å². The van der Waals surface area contributed by atoms with Crippen LogP contribution in [0.1, 0.15) is 43.0 Å². The number of rotatable bonds is 1. The van der Waals surface area contributed by atoms with Gasteiger partial charge in [-0.2, -0.15) is 5.26 Å². The molecule has 2 aromatic carbocycles. The minimum Gasteiger partial charge on any atom is -0.488 e. The zero-order chi connectivity index (χ0) is 16.7. The molecule has 24 heavy (non-hydrogen) atoms. The van der Waals surface area contributed by atoms with E-state index in [1.165, 1.54) is 0 Å². The zero-order valence-corrected chi connectivity index (χ0v) is 13.8. The van der Waals surface area contributed by atoms with Crippen LogP contribution in [-0.2, 0) is 0 Å². The number of nitrogens with zero attached hydrogens (tertiary/aromatic N) is 2. The molecule has 1 aliphatic heterocycles. The van der Waals surface area contributed by atoms with E-state index in [4.69, 9.17) is 9.72 Å². The molecule has 3 aromatic rings. The fourth-order valence-electron chi connectivity index (χ4n) is 3.46. The molecule has 4 rings (SSSR count). The van der Waals surface area contributed by atoms with Crippen LogP contribution in [0.5, 0.6) is 5.75 Å². The van der Waals surface area contributed by atoms with Crippen molar-refractivity contribution in [3.05, 3.63) is 71.4 Å². The van der Waals surface area contributed by atoms with E-state index in [-0.39, 0.29) is 11.5 Å². The number of pyridine rings is 1. The number of benzene rings is 2. The van der Waals surface area contributed by atoms with E-state index in [1.807, 2.05) is 36.4 Å². The van der Waals surface area contributed by atoms with Crippen molar-refractivity contribution in [3.63, 3.8) is 0 Å².